The predicted molar refractivity (Wildman–Crippen MR) is 205 cm³/mol. The van der Waals surface area contributed by atoms with Crippen LogP contribution in [0.2, 0.25) is 5.02 Å². The van der Waals surface area contributed by atoms with Gasteiger partial charge in [0.2, 0.25) is 0 Å². The van der Waals surface area contributed by atoms with E-state index in [1.54, 1.807) is 36.5 Å². The summed E-state index contributed by atoms with van der Waals surface area (Å²) in [5.41, 5.74) is 19.2. The van der Waals surface area contributed by atoms with E-state index in [0.717, 1.165) is 24.8 Å². The first-order valence-corrected chi connectivity index (χ1v) is 18.8. The first-order chi connectivity index (χ1) is 24.5. The molecule has 0 fully saturated rings. The molecule has 0 spiro atoms. The Bertz CT molecular complexity index is 1880. The SMILES string of the molecule is C=CC(N)CCCc1cc(Cl)c(F)c(-c2cc3cn(-c4cc(F)c(C(CCC)N(CCCF)CCCN=C(N)CN)c(SC)c4)c(=O)nc3[nH]2)c1. The van der Waals surface area contributed by atoms with Gasteiger partial charge in [0, 0.05) is 59.3 Å². The van der Waals surface area contributed by atoms with Crippen molar-refractivity contribution in [1.29, 1.82) is 0 Å². The molecule has 2 heterocycles. The van der Waals surface area contributed by atoms with Crippen molar-refractivity contribution in [1.82, 2.24) is 19.4 Å². The molecular weight excluding hydrogens is 697 g/mol. The monoisotopic (exact) mass is 744 g/mol. The molecule has 14 heteroatoms. The number of nitrogens with two attached hydrogens (primary N) is 3. The van der Waals surface area contributed by atoms with Crippen molar-refractivity contribution in [3.8, 4) is 16.9 Å². The summed E-state index contributed by atoms with van der Waals surface area (Å²) < 4.78 is 46.3. The Morgan fingerprint density at radius 2 is 1.94 bits per heavy atom. The van der Waals surface area contributed by atoms with Crippen molar-refractivity contribution in [2.75, 3.05) is 39.1 Å². The maximum Gasteiger partial charge on any atom is 0.354 e. The zero-order chi connectivity index (χ0) is 37.1. The lowest BCUT2D eigenvalue weighted by atomic mass is 9.98. The molecule has 0 aliphatic rings. The molecule has 0 saturated carbocycles. The van der Waals surface area contributed by atoms with E-state index >= 15 is 8.78 Å². The molecule has 4 aromatic rings. The van der Waals surface area contributed by atoms with E-state index in [0.29, 0.717) is 78.4 Å². The standard InChI is InChI=1S/C37H48ClF3N8OS/c1-4-9-31(48(14-7-12-39)15-8-13-45-33(44)21-42)34-29(40)19-26(20-32(34)51-3)49-22-24-18-30(46-36(24)47-37(49)50)27-16-23(17-28(38)35(27)41)10-6-11-25(43)5-2/h5,16-20,22,25,31H,2,4,6-15,21,42-43H2,1,3H3,(H2,44,45)(H,46,47,50). The number of thioether (sulfide) groups is 1. The summed E-state index contributed by atoms with van der Waals surface area (Å²) in [5, 5.41) is 0.508. The number of H-pyrrole nitrogens is 1. The van der Waals surface area contributed by atoms with Crippen LogP contribution in [0.3, 0.4) is 0 Å². The Morgan fingerprint density at radius 3 is 2.63 bits per heavy atom. The highest BCUT2D eigenvalue weighted by Crippen LogP contribution is 2.37. The lowest BCUT2D eigenvalue weighted by molar-refractivity contribution is 0.172. The highest BCUT2D eigenvalue weighted by molar-refractivity contribution is 7.98. The average Bonchev–Trinajstić information content (AvgIpc) is 3.53. The van der Waals surface area contributed by atoms with Gasteiger partial charge in [-0.15, -0.1) is 18.3 Å². The molecule has 9 nitrogen and oxygen atoms in total. The minimum Gasteiger partial charge on any atom is -0.386 e. The number of benzene rings is 2. The van der Waals surface area contributed by atoms with Gasteiger partial charge >= 0.3 is 5.69 Å². The number of halogens is 4. The highest BCUT2D eigenvalue weighted by Gasteiger charge is 2.26. The van der Waals surface area contributed by atoms with Gasteiger partial charge in [0.1, 0.15) is 17.3 Å². The van der Waals surface area contributed by atoms with Crippen LogP contribution in [-0.2, 0) is 6.42 Å². The second-order valence-corrected chi connectivity index (χ2v) is 13.7. The number of nitrogens with zero attached hydrogens (tertiary/aromatic N) is 4. The summed E-state index contributed by atoms with van der Waals surface area (Å²) >= 11 is 7.66. The van der Waals surface area contributed by atoms with Crippen LogP contribution in [0, 0.1) is 11.6 Å². The van der Waals surface area contributed by atoms with E-state index in [4.69, 9.17) is 28.8 Å². The van der Waals surface area contributed by atoms with Crippen LogP contribution in [0.4, 0.5) is 13.2 Å². The summed E-state index contributed by atoms with van der Waals surface area (Å²) in [4.78, 5) is 27.6. The van der Waals surface area contributed by atoms with Crippen molar-refractivity contribution < 1.29 is 13.2 Å². The number of rotatable bonds is 20. The van der Waals surface area contributed by atoms with Gasteiger partial charge in [-0.2, -0.15) is 4.98 Å². The third-order valence-electron chi connectivity index (χ3n) is 8.81. The number of alkyl halides is 1. The number of hydrogen-bond acceptors (Lipinski definition) is 7. The summed E-state index contributed by atoms with van der Waals surface area (Å²) in [6.45, 7) is 6.89. The molecule has 7 N–H and O–H groups in total. The van der Waals surface area contributed by atoms with Crippen molar-refractivity contribution >= 4 is 40.2 Å². The molecule has 0 radical (unpaired) electrons. The Balaban J connectivity index is 1.70. The van der Waals surface area contributed by atoms with Crippen LogP contribution in [-0.4, -0.2) is 70.4 Å². The number of nitrogens with one attached hydrogen (secondary N) is 1. The van der Waals surface area contributed by atoms with Gasteiger partial charge in [-0.3, -0.25) is 18.8 Å². The largest absolute Gasteiger partial charge is 0.386 e. The summed E-state index contributed by atoms with van der Waals surface area (Å²) in [7, 11) is 0. The zero-order valence-electron chi connectivity index (χ0n) is 29.2. The molecule has 0 aliphatic heterocycles. The van der Waals surface area contributed by atoms with Crippen LogP contribution < -0.4 is 22.9 Å². The molecule has 0 aliphatic carbocycles. The quantitative estimate of drug-likeness (QED) is 0.0249. The fourth-order valence-electron chi connectivity index (χ4n) is 6.21. The topological polar surface area (TPSA) is 144 Å². The summed E-state index contributed by atoms with van der Waals surface area (Å²) in [6.07, 6.45) is 9.63. The third kappa shape index (κ3) is 10.3. The molecule has 0 saturated heterocycles. The molecule has 2 atom stereocenters. The molecule has 276 valence electrons. The predicted octanol–water partition coefficient (Wildman–Crippen LogP) is 7.08. The first kappa shape index (κ1) is 40.2. The smallest absolute Gasteiger partial charge is 0.354 e. The maximum atomic E-state index is 16.3. The van der Waals surface area contributed by atoms with Gasteiger partial charge in [-0.25, -0.2) is 13.6 Å². The number of aliphatic imine (C=N–C) groups is 1. The lowest BCUT2D eigenvalue weighted by Gasteiger charge is -2.33. The molecule has 2 aromatic heterocycles. The van der Waals surface area contributed by atoms with Crippen molar-refractivity contribution in [3.63, 3.8) is 0 Å². The number of aromatic nitrogens is 3. The van der Waals surface area contributed by atoms with E-state index < -0.39 is 24.0 Å². The molecule has 51 heavy (non-hydrogen) atoms. The fourth-order valence-corrected chi connectivity index (χ4v) is 7.14. The number of aromatic amines is 1. The fraction of sp³-hybridized carbons (Fsp3) is 0.432. The van der Waals surface area contributed by atoms with E-state index in [1.165, 1.54) is 22.4 Å². The zero-order valence-corrected chi connectivity index (χ0v) is 30.8. The second kappa shape index (κ2) is 19.3. The Kier molecular flexibility index (Phi) is 15.2. The first-order valence-electron chi connectivity index (χ1n) is 17.2. The van der Waals surface area contributed by atoms with E-state index in [1.807, 2.05) is 13.2 Å². The van der Waals surface area contributed by atoms with E-state index in [9.17, 15) is 9.18 Å². The third-order valence-corrected chi connectivity index (χ3v) is 9.86. The lowest BCUT2D eigenvalue weighted by Crippen LogP contribution is -2.33. The normalized spacial score (nSPS) is 13.3. The molecule has 0 amide bonds. The van der Waals surface area contributed by atoms with Gasteiger partial charge in [0.25, 0.3) is 0 Å². The van der Waals surface area contributed by atoms with Crippen LogP contribution in [0.25, 0.3) is 28.0 Å². The Hall–Kier alpha value is -3.62. The van der Waals surface area contributed by atoms with Gasteiger partial charge in [-0.05, 0) is 80.7 Å². The van der Waals surface area contributed by atoms with Gasteiger partial charge in [0.05, 0.1) is 29.6 Å². The van der Waals surface area contributed by atoms with Crippen molar-refractivity contribution in [3.05, 3.63) is 87.5 Å². The minimum atomic E-state index is -0.632. The maximum absolute atomic E-state index is 16.3. The Morgan fingerprint density at radius 1 is 1.18 bits per heavy atom. The molecule has 4 rings (SSSR count). The number of aryl methyl sites for hydroxylation is 1. The van der Waals surface area contributed by atoms with E-state index in [2.05, 4.69) is 26.4 Å². The highest BCUT2D eigenvalue weighted by atomic mass is 35.5. The molecule has 2 aromatic carbocycles. The van der Waals surface area contributed by atoms with Crippen LogP contribution in [0.1, 0.15) is 62.6 Å². The van der Waals surface area contributed by atoms with Gasteiger partial charge < -0.3 is 22.2 Å². The summed E-state index contributed by atoms with van der Waals surface area (Å²) in [6, 6.07) is 7.68. The van der Waals surface area contributed by atoms with Crippen molar-refractivity contribution in [2.24, 2.45) is 22.2 Å². The van der Waals surface area contributed by atoms with Gasteiger partial charge in [0.15, 0.2) is 5.82 Å². The number of fused-ring (bicyclic) bond motifs is 1. The van der Waals surface area contributed by atoms with Crippen LogP contribution >= 0.6 is 23.4 Å². The molecule has 2 unspecified atom stereocenters. The molecule has 0 bridgehead atoms. The van der Waals surface area contributed by atoms with Crippen molar-refractivity contribution in [2.45, 2.75) is 68.8 Å². The minimum absolute atomic E-state index is 0.0173. The number of amidine groups is 1. The molecular formula is C37H48ClF3N8OS. The second-order valence-electron chi connectivity index (χ2n) is 12.5. The van der Waals surface area contributed by atoms with Crippen LogP contribution in [0.5, 0.6) is 0 Å². The summed E-state index contributed by atoms with van der Waals surface area (Å²) in [5.74, 6) is -0.708. The average molecular weight is 745 g/mol. The van der Waals surface area contributed by atoms with Crippen LogP contribution in [0.15, 0.2) is 63.9 Å². The van der Waals surface area contributed by atoms with Gasteiger partial charge in [-0.1, -0.05) is 31.0 Å². The number of hydrogen-bond donors (Lipinski definition) is 4. The Labute approximate surface area is 306 Å². The van der Waals surface area contributed by atoms with E-state index in [-0.39, 0.29) is 34.9 Å².